The van der Waals surface area contributed by atoms with Gasteiger partial charge in [0.25, 0.3) is 0 Å². The van der Waals surface area contributed by atoms with Crippen LogP contribution >= 0.6 is 11.6 Å². The molecule has 0 radical (unpaired) electrons. The Morgan fingerprint density at radius 3 is 2.25 bits per heavy atom. The van der Waals surface area contributed by atoms with Crippen molar-refractivity contribution >= 4 is 11.6 Å². The zero-order valence-electron chi connectivity index (χ0n) is 12.3. The first-order valence-corrected chi connectivity index (χ1v) is 8.26. The van der Waals surface area contributed by atoms with Crippen LogP contribution in [-0.2, 0) is 0 Å². The molecule has 0 heterocycles. The van der Waals surface area contributed by atoms with Crippen LogP contribution in [0.3, 0.4) is 0 Å². The molecule has 2 unspecified atom stereocenters. The summed E-state index contributed by atoms with van der Waals surface area (Å²) in [6, 6.07) is 8.67. The number of hydrogen-bond donors (Lipinski definition) is 1. The Bertz CT molecular complexity index is 438. The van der Waals surface area contributed by atoms with Crippen LogP contribution in [0.15, 0.2) is 24.3 Å². The fraction of sp³-hybridized carbons (Fsp3) is 0.647. The summed E-state index contributed by atoms with van der Waals surface area (Å²) < 4.78 is 0. The van der Waals surface area contributed by atoms with Crippen LogP contribution in [-0.4, -0.2) is 24.0 Å². The van der Waals surface area contributed by atoms with Gasteiger partial charge in [-0.1, -0.05) is 23.7 Å². The first kappa shape index (κ1) is 14.4. The van der Waals surface area contributed by atoms with Crippen molar-refractivity contribution in [1.29, 1.82) is 0 Å². The molecule has 2 N–H and O–H groups in total. The minimum Gasteiger partial charge on any atom is -0.326 e. The highest BCUT2D eigenvalue weighted by Gasteiger charge is 2.34. The van der Waals surface area contributed by atoms with Gasteiger partial charge in [0.05, 0.1) is 0 Å². The topological polar surface area (TPSA) is 29.3 Å². The summed E-state index contributed by atoms with van der Waals surface area (Å²) in [6.07, 6.45) is 5.57. The predicted octanol–water partition coefficient (Wildman–Crippen LogP) is 3.85. The lowest BCUT2D eigenvalue weighted by Gasteiger charge is -2.35. The molecular weight excluding hydrogens is 268 g/mol. The molecule has 0 aromatic heterocycles. The first-order chi connectivity index (χ1) is 9.63. The van der Waals surface area contributed by atoms with Crippen molar-refractivity contribution in [3.05, 3.63) is 34.9 Å². The van der Waals surface area contributed by atoms with Gasteiger partial charge in [-0.25, -0.2) is 0 Å². The third kappa shape index (κ3) is 3.75. The van der Waals surface area contributed by atoms with Crippen LogP contribution in [0, 0.1) is 11.8 Å². The van der Waals surface area contributed by atoms with Crippen LogP contribution in [0.2, 0.25) is 5.02 Å². The normalized spacial score (nSPS) is 22.0. The molecule has 1 aromatic carbocycles. The molecule has 0 aliphatic heterocycles. The molecule has 0 amide bonds. The van der Waals surface area contributed by atoms with Crippen molar-refractivity contribution in [3.8, 4) is 0 Å². The van der Waals surface area contributed by atoms with E-state index in [-0.39, 0.29) is 6.04 Å². The van der Waals surface area contributed by atoms with Gasteiger partial charge in [-0.2, -0.15) is 0 Å². The second kappa shape index (κ2) is 6.05. The second-order valence-corrected chi connectivity index (χ2v) is 7.14. The Hall–Kier alpha value is -0.570. The maximum absolute atomic E-state index is 6.33. The quantitative estimate of drug-likeness (QED) is 0.827. The molecule has 2 atom stereocenters. The van der Waals surface area contributed by atoms with Crippen LogP contribution in [0.5, 0.6) is 0 Å². The van der Waals surface area contributed by atoms with E-state index in [0.717, 1.165) is 16.9 Å². The summed E-state index contributed by atoms with van der Waals surface area (Å²) in [7, 11) is 0. The maximum atomic E-state index is 6.33. The molecule has 2 fully saturated rings. The predicted molar refractivity (Wildman–Crippen MR) is 84.9 cm³/mol. The largest absolute Gasteiger partial charge is 0.326 e. The summed E-state index contributed by atoms with van der Waals surface area (Å²) in [4.78, 5) is 2.63. The Labute approximate surface area is 127 Å². The minimum atomic E-state index is 0.131. The molecule has 110 valence electrons. The number of hydrogen-bond acceptors (Lipinski definition) is 2. The van der Waals surface area contributed by atoms with E-state index in [4.69, 9.17) is 17.3 Å². The van der Waals surface area contributed by atoms with E-state index in [1.807, 2.05) is 12.1 Å². The SMILES string of the molecule is CC(N)C(c1cccc(Cl)c1)N(CC1CC1)CC1CC1. The van der Waals surface area contributed by atoms with Crippen molar-refractivity contribution in [2.45, 2.75) is 44.7 Å². The Kier molecular flexibility index (Phi) is 4.34. The number of rotatable bonds is 7. The van der Waals surface area contributed by atoms with Gasteiger partial charge in [-0.15, -0.1) is 0 Å². The van der Waals surface area contributed by atoms with Crippen LogP contribution in [0.25, 0.3) is 0 Å². The van der Waals surface area contributed by atoms with E-state index in [1.54, 1.807) is 0 Å². The monoisotopic (exact) mass is 292 g/mol. The molecule has 2 aliphatic rings. The van der Waals surface area contributed by atoms with Crippen LogP contribution < -0.4 is 5.73 Å². The second-order valence-electron chi connectivity index (χ2n) is 6.70. The van der Waals surface area contributed by atoms with E-state index >= 15 is 0 Å². The van der Waals surface area contributed by atoms with Gasteiger partial charge in [0.2, 0.25) is 0 Å². The summed E-state index contributed by atoms with van der Waals surface area (Å²) in [5.74, 6) is 1.79. The maximum Gasteiger partial charge on any atom is 0.0497 e. The average molecular weight is 293 g/mol. The highest BCUT2D eigenvalue weighted by atomic mass is 35.5. The Morgan fingerprint density at radius 2 is 1.80 bits per heavy atom. The molecule has 20 heavy (non-hydrogen) atoms. The molecule has 2 nitrogen and oxygen atoms in total. The smallest absolute Gasteiger partial charge is 0.0497 e. The molecule has 0 bridgehead atoms. The molecule has 2 aliphatic carbocycles. The average Bonchev–Trinajstić information content (AvgIpc) is 3.24. The van der Waals surface area contributed by atoms with Gasteiger partial charge >= 0.3 is 0 Å². The third-order valence-electron chi connectivity index (χ3n) is 4.46. The van der Waals surface area contributed by atoms with Gasteiger partial charge in [0.1, 0.15) is 0 Å². The molecule has 0 spiro atoms. The summed E-state index contributed by atoms with van der Waals surface area (Å²) >= 11 is 6.18. The lowest BCUT2D eigenvalue weighted by Crippen LogP contribution is -2.41. The van der Waals surface area contributed by atoms with Crippen LogP contribution in [0.4, 0.5) is 0 Å². The molecule has 3 rings (SSSR count). The lowest BCUT2D eigenvalue weighted by molar-refractivity contribution is 0.161. The number of benzene rings is 1. The highest BCUT2D eigenvalue weighted by molar-refractivity contribution is 6.30. The standard InChI is InChI=1S/C17H25ClN2/c1-12(19)17(15-3-2-4-16(18)9-15)20(10-13-5-6-13)11-14-7-8-14/h2-4,9,12-14,17H,5-8,10-11,19H2,1H3. The van der Waals surface area contributed by atoms with E-state index in [1.165, 1.54) is 44.3 Å². The van der Waals surface area contributed by atoms with Crippen molar-refractivity contribution in [1.82, 2.24) is 4.90 Å². The van der Waals surface area contributed by atoms with Crippen molar-refractivity contribution in [2.75, 3.05) is 13.1 Å². The molecule has 2 saturated carbocycles. The lowest BCUT2D eigenvalue weighted by atomic mass is 9.98. The van der Waals surface area contributed by atoms with Gasteiger partial charge in [0, 0.05) is 30.2 Å². The molecular formula is C17H25ClN2. The zero-order chi connectivity index (χ0) is 14.1. The molecule has 0 saturated heterocycles. The van der Waals surface area contributed by atoms with Crippen LogP contribution in [0.1, 0.15) is 44.2 Å². The molecule has 1 aromatic rings. The zero-order valence-corrected chi connectivity index (χ0v) is 13.0. The fourth-order valence-corrected chi connectivity index (χ4v) is 3.30. The molecule has 3 heteroatoms. The van der Waals surface area contributed by atoms with E-state index in [2.05, 4.69) is 24.0 Å². The van der Waals surface area contributed by atoms with E-state index < -0.39 is 0 Å². The van der Waals surface area contributed by atoms with Gasteiger partial charge in [-0.3, -0.25) is 4.90 Å². The van der Waals surface area contributed by atoms with E-state index in [0.29, 0.717) is 6.04 Å². The number of nitrogens with two attached hydrogens (primary N) is 1. The van der Waals surface area contributed by atoms with Gasteiger partial charge in [-0.05, 0) is 62.1 Å². The summed E-state index contributed by atoms with van der Waals surface area (Å²) in [5, 5.41) is 0.811. The minimum absolute atomic E-state index is 0.131. The number of halogens is 1. The number of nitrogens with zero attached hydrogens (tertiary/aromatic N) is 1. The third-order valence-corrected chi connectivity index (χ3v) is 4.70. The fourth-order valence-electron chi connectivity index (χ4n) is 3.10. The van der Waals surface area contributed by atoms with Crippen molar-refractivity contribution < 1.29 is 0 Å². The Morgan fingerprint density at radius 1 is 1.20 bits per heavy atom. The first-order valence-electron chi connectivity index (χ1n) is 7.88. The van der Waals surface area contributed by atoms with Crippen molar-refractivity contribution in [2.24, 2.45) is 17.6 Å². The summed E-state index contributed by atoms with van der Waals surface area (Å²) in [5.41, 5.74) is 7.60. The van der Waals surface area contributed by atoms with Crippen molar-refractivity contribution in [3.63, 3.8) is 0 Å². The van der Waals surface area contributed by atoms with E-state index in [9.17, 15) is 0 Å². The van der Waals surface area contributed by atoms with Gasteiger partial charge < -0.3 is 5.73 Å². The summed E-state index contributed by atoms with van der Waals surface area (Å²) in [6.45, 7) is 4.53. The van der Waals surface area contributed by atoms with Gasteiger partial charge in [0.15, 0.2) is 0 Å². The highest BCUT2D eigenvalue weighted by Crippen LogP contribution is 2.38. The Balaban J connectivity index is 1.80.